The summed E-state index contributed by atoms with van der Waals surface area (Å²) in [6.07, 6.45) is 2.49. The number of nitrogens with one attached hydrogen (secondary N) is 1. The maximum absolute atomic E-state index is 12.5. The van der Waals surface area contributed by atoms with Crippen LogP contribution in [0.1, 0.15) is 29.6 Å². The standard InChI is InChI=1S/C18H26N4O2/c1-20-17(23)16-11-14(19)12-22(16)15-7-9-21(10-8-15)18(24)13-5-3-2-4-6-13/h2-6,14-16H,7-12,19H2,1H3,(H,20,23)/t14-,16-/m0/s1. The highest BCUT2D eigenvalue weighted by Crippen LogP contribution is 2.26. The molecule has 2 saturated heterocycles. The Morgan fingerprint density at radius 3 is 2.46 bits per heavy atom. The number of likely N-dealkylation sites (N-methyl/N-ethyl adjacent to an activating group) is 1. The van der Waals surface area contributed by atoms with Crippen LogP contribution in [0.5, 0.6) is 0 Å². The van der Waals surface area contributed by atoms with E-state index in [0.717, 1.165) is 38.0 Å². The summed E-state index contributed by atoms with van der Waals surface area (Å²) in [6, 6.07) is 9.64. The smallest absolute Gasteiger partial charge is 0.253 e. The van der Waals surface area contributed by atoms with Crippen LogP contribution < -0.4 is 11.1 Å². The number of nitrogens with two attached hydrogens (primary N) is 1. The van der Waals surface area contributed by atoms with E-state index in [-0.39, 0.29) is 23.9 Å². The second-order valence-electron chi connectivity index (χ2n) is 6.71. The van der Waals surface area contributed by atoms with Crippen LogP contribution in [0.25, 0.3) is 0 Å². The van der Waals surface area contributed by atoms with Gasteiger partial charge in [-0.25, -0.2) is 0 Å². The van der Waals surface area contributed by atoms with E-state index in [9.17, 15) is 9.59 Å². The van der Waals surface area contributed by atoms with Crippen LogP contribution in [0.4, 0.5) is 0 Å². The molecule has 2 aliphatic heterocycles. The van der Waals surface area contributed by atoms with Gasteiger partial charge in [-0.15, -0.1) is 0 Å². The van der Waals surface area contributed by atoms with Crippen molar-refractivity contribution < 1.29 is 9.59 Å². The number of likely N-dealkylation sites (tertiary alicyclic amines) is 2. The lowest BCUT2D eigenvalue weighted by Gasteiger charge is -2.38. The molecule has 3 N–H and O–H groups in total. The fourth-order valence-electron chi connectivity index (χ4n) is 3.89. The molecular formula is C18H26N4O2. The topological polar surface area (TPSA) is 78.7 Å². The number of hydrogen-bond donors (Lipinski definition) is 2. The van der Waals surface area contributed by atoms with Gasteiger partial charge >= 0.3 is 0 Å². The Kier molecular flexibility index (Phi) is 5.16. The highest BCUT2D eigenvalue weighted by atomic mass is 16.2. The van der Waals surface area contributed by atoms with Gasteiger partial charge in [0.2, 0.25) is 5.91 Å². The first-order chi connectivity index (χ1) is 11.6. The number of amides is 2. The van der Waals surface area contributed by atoms with E-state index in [0.29, 0.717) is 12.5 Å². The summed E-state index contributed by atoms with van der Waals surface area (Å²) in [5.74, 6) is 0.140. The van der Waals surface area contributed by atoms with Crippen LogP contribution in [0.3, 0.4) is 0 Å². The van der Waals surface area contributed by atoms with Crippen LogP contribution >= 0.6 is 0 Å². The Bertz CT molecular complexity index is 584. The molecule has 6 heteroatoms. The molecule has 2 amide bonds. The molecule has 0 radical (unpaired) electrons. The zero-order valence-electron chi connectivity index (χ0n) is 14.1. The Morgan fingerprint density at radius 2 is 1.83 bits per heavy atom. The molecule has 0 aromatic heterocycles. The molecule has 2 heterocycles. The minimum Gasteiger partial charge on any atom is -0.358 e. The van der Waals surface area contributed by atoms with E-state index >= 15 is 0 Å². The maximum atomic E-state index is 12.5. The third-order valence-electron chi connectivity index (χ3n) is 5.16. The Labute approximate surface area is 143 Å². The molecule has 2 fully saturated rings. The minimum atomic E-state index is -0.133. The van der Waals surface area contributed by atoms with Crippen molar-refractivity contribution in [2.75, 3.05) is 26.7 Å². The largest absolute Gasteiger partial charge is 0.358 e. The summed E-state index contributed by atoms with van der Waals surface area (Å²) < 4.78 is 0. The molecule has 1 aromatic carbocycles. The summed E-state index contributed by atoms with van der Waals surface area (Å²) in [4.78, 5) is 28.8. The van der Waals surface area contributed by atoms with E-state index in [1.54, 1.807) is 7.05 Å². The lowest BCUT2D eigenvalue weighted by molar-refractivity contribution is -0.126. The number of carbonyl (C=O) groups excluding carboxylic acids is 2. The number of nitrogens with zero attached hydrogens (tertiary/aromatic N) is 2. The van der Waals surface area contributed by atoms with Crippen molar-refractivity contribution in [2.24, 2.45) is 5.73 Å². The van der Waals surface area contributed by atoms with Gasteiger partial charge in [0.1, 0.15) is 0 Å². The summed E-state index contributed by atoms with van der Waals surface area (Å²) in [7, 11) is 1.67. The Morgan fingerprint density at radius 1 is 1.17 bits per heavy atom. The third kappa shape index (κ3) is 3.44. The molecule has 0 spiro atoms. The van der Waals surface area contributed by atoms with Gasteiger partial charge in [-0.2, -0.15) is 0 Å². The van der Waals surface area contributed by atoms with Gasteiger partial charge in [0.15, 0.2) is 0 Å². The van der Waals surface area contributed by atoms with E-state index in [1.807, 2.05) is 35.2 Å². The average Bonchev–Trinajstić information content (AvgIpc) is 3.03. The number of benzene rings is 1. The Hall–Kier alpha value is -1.92. The predicted molar refractivity (Wildman–Crippen MR) is 92.5 cm³/mol. The molecule has 24 heavy (non-hydrogen) atoms. The van der Waals surface area contributed by atoms with Crippen molar-refractivity contribution in [3.63, 3.8) is 0 Å². The molecule has 130 valence electrons. The highest BCUT2D eigenvalue weighted by molar-refractivity contribution is 5.94. The first kappa shape index (κ1) is 16.9. The Balaban J connectivity index is 1.60. The van der Waals surface area contributed by atoms with Crippen molar-refractivity contribution in [3.8, 4) is 0 Å². The molecule has 1 aromatic rings. The quantitative estimate of drug-likeness (QED) is 0.843. The van der Waals surface area contributed by atoms with Gasteiger partial charge in [-0.05, 0) is 31.4 Å². The van der Waals surface area contributed by atoms with Crippen molar-refractivity contribution >= 4 is 11.8 Å². The second-order valence-corrected chi connectivity index (χ2v) is 6.71. The van der Waals surface area contributed by atoms with Crippen LogP contribution in [-0.4, -0.2) is 66.4 Å². The first-order valence-electron chi connectivity index (χ1n) is 8.67. The molecule has 0 unspecified atom stereocenters. The summed E-state index contributed by atoms with van der Waals surface area (Å²) in [5, 5.41) is 2.74. The molecule has 3 rings (SSSR count). The van der Waals surface area contributed by atoms with Gasteiger partial charge in [0.25, 0.3) is 5.91 Å². The number of hydrogen-bond acceptors (Lipinski definition) is 4. The lowest BCUT2D eigenvalue weighted by atomic mass is 10.0. The zero-order chi connectivity index (χ0) is 17.1. The van der Waals surface area contributed by atoms with Crippen LogP contribution in [0, 0.1) is 0 Å². The summed E-state index contributed by atoms with van der Waals surface area (Å²) >= 11 is 0. The van der Waals surface area contributed by atoms with Crippen molar-refractivity contribution in [2.45, 2.75) is 37.4 Å². The van der Waals surface area contributed by atoms with E-state index in [1.165, 1.54) is 0 Å². The monoisotopic (exact) mass is 330 g/mol. The fourth-order valence-corrected chi connectivity index (χ4v) is 3.89. The number of rotatable bonds is 3. The molecule has 6 nitrogen and oxygen atoms in total. The highest BCUT2D eigenvalue weighted by Gasteiger charge is 2.40. The molecule has 0 bridgehead atoms. The van der Waals surface area contributed by atoms with Gasteiger partial charge in [0, 0.05) is 44.3 Å². The van der Waals surface area contributed by atoms with Gasteiger partial charge < -0.3 is 16.0 Å². The number of carbonyl (C=O) groups is 2. The predicted octanol–water partition coefficient (Wildman–Crippen LogP) is 0.439. The molecule has 0 saturated carbocycles. The molecule has 2 aliphatic rings. The van der Waals surface area contributed by atoms with Gasteiger partial charge in [-0.1, -0.05) is 18.2 Å². The van der Waals surface area contributed by atoms with Gasteiger partial charge in [-0.3, -0.25) is 14.5 Å². The van der Waals surface area contributed by atoms with E-state index in [4.69, 9.17) is 5.73 Å². The molecule has 2 atom stereocenters. The SMILES string of the molecule is CNC(=O)[C@@H]1C[C@H](N)CN1C1CCN(C(=O)c2ccccc2)CC1. The summed E-state index contributed by atoms with van der Waals surface area (Å²) in [5.41, 5.74) is 6.82. The zero-order valence-corrected chi connectivity index (χ0v) is 14.1. The molecule has 0 aliphatic carbocycles. The van der Waals surface area contributed by atoms with Crippen molar-refractivity contribution in [3.05, 3.63) is 35.9 Å². The van der Waals surface area contributed by atoms with Crippen molar-refractivity contribution in [1.29, 1.82) is 0 Å². The van der Waals surface area contributed by atoms with E-state index in [2.05, 4.69) is 10.2 Å². The fraction of sp³-hybridized carbons (Fsp3) is 0.556. The minimum absolute atomic E-state index is 0.0470. The van der Waals surface area contributed by atoms with Crippen LogP contribution in [0.2, 0.25) is 0 Å². The number of piperidine rings is 1. The second kappa shape index (κ2) is 7.32. The van der Waals surface area contributed by atoms with Crippen LogP contribution in [0.15, 0.2) is 30.3 Å². The lowest BCUT2D eigenvalue weighted by Crippen LogP contribution is -2.51. The summed E-state index contributed by atoms with van der Waals surface area (Å²) in [6.45, 7) is 2.21. The average molecular weight is 330 g/mol. The maximum Gasteiger partial charge on any atom is 0.253 e. The normalized spacial score (nSPS) is 25.7. The van der Waals surface area contributed by atoms with Gasteiger partial charge in [0.05, 0.1) is 6.04 Å². The van der Waals surface area contributed by atoms with E-state index < -0.39 is 0 Å². The third-order valence-corrected chi connectivity index (χ3v) is 5.16. The van der Waals surface area contributed by atoms with Crippen molar-refractivity contribution in [1.82, 2.24) is 15.1 Å². The molecular weight excluding hydrogens is 304 g/mol. The van der Waals surface area contributed by atoms with Crippen LogP contribution in [-0.2, 0) is 4.79 Å². The first-order valence-corrected chi connectivity index (χ1v) is 8.67.